The van der Waals surface area contributed by atoms with Crippen LogP contribution in [0.4, 0.5) is 0 Å². The van der Waals surface area contributed by atoms with Crippen molar-refractivity contribution in [2.75, 3.05) is 0 Å². The van der Waals surface area contributed by atoms with Gasteiger partial charge >= 0.3 is 133 Å². The third kappa shape index (κ3) is 3.23. The quantitative estimate of drug-likeness (QED) is 0.595. The van der Waals surface area contributed by atoms with E-state index in [0.717, 1.165) is 36.6 Å². The summed E-state index contributed by atoms with van der Waals surface area (Å²) in [6.45, 7) is 0. The minimum atomic E-state index is 0.900. The van der Waals surface area contributed by atoms with Gasteiger partial charge in [0.25, 0.3) is 0 Å². The maximum atomic E-state index is 2.46. The fourth-order valence-corrected chi connectivity index (χ4v) is 6.72. The zero-order chi connectivity index (χ0) is 13.1. The molecule has 0 bridgehead atoms. The molecule has 104 valence electrons. The molecule has 2 aliphatic rings. The van der Waals surface area contributed by atoms with Crippen LogP contribution in [-0.2, 0) is 0 Å². The van der Waals surface area contributed by atoms with E-state index in [-0.39, 0.29) is 0 Å². The molecule has 0 aromatic heterocycles. The van der Waals surface area contributed by atoms with Crippen molar-refractivity contribution < 1.29 is 0 Å². The molecular weight excluding hydrogens is 425 g/mol. The number of hydrogen-bond donors (Lipinski definition) is 0. The first-order valence-corrected chi connectivity index (χ1v) is 10.5. The molecule has 0 atom stereocenters. The molecule has 0 N–H and O–H groups in total. The zero-order valence-corrected chi connectivity index (χ0v) is 16.5. The van der Waals surface area contributed by atoms with E-state index in [1.54, 1.807) is 14.4 Å². The molecule has 0 aliphatic heterocycles. The molecule has 2 saturated carbocycles. The summed E-state index contributed by atoms with van der Waals surface area (Å²) in [7, 11) is 0. The molecule has 2 aliphatic carbocycles. The molecule has 1 aromatic carbocycles. The van der Waals surface area contributed by atoms with Crippen molar-refractivity contribution in [3.8, 4) is 0 Å². The number of rotatable bonds is 2. The van der Waals surface area contributed by atoms with Gasteiger partial charge in [0.05, 0.1) is 0 Å². The van der Waals surface area contributed by atoms with Gasteiger partial charge in [-0.15, -0.1) is 0 Å². The van der Waals surface area contributed by atoms with Gasteiger partial charge < -0.3 is 0 Å². The average Bonchev–Trinajstić information content (AvgIpc) is 2.49. The molecule has 0 spiro atoms. The summed E-state index contributed by atoms with van der Waals surface area (Å²) < 4.78 is 1.81. The number of benzene rings is 1. The second-order valence-electron chi connectivity index (χ2n) is 6.52. The molecule has 0 unspecified atom stereocenters. The second kappa shape index (κ2) is 6.70. The molecule has 1 aromatic rings. The molecule has 0 heterocycles. The van der Waals surface area contributed by atoms with E-state index >= 15 is 0 Å². The SMILES string of the molecule is [BiH2][c]1c(C2CCCCC2)cccc1C1CCCCC1. The van der Waals surface area contributed by atoms with Crippen LogP contribution in [0.15, 0.2) is 18.2 Å². The van der Waals surface area contributed by atoms with Gasteiger partial charge in [0, 0.05) is 0 Å². The molecule has 2 fully saturated rings. The standard InChI is InChI=1S/C18H25.Bi.2H/c1-3-8-15(9-4-1)17-12-7-13-18(14-17)16-10-5-2-6-11-16;;;/h7,12-13,15-16H,1-6,8-11H2;;;. The predicted molar refractivity (Wildman–Crippen MR) is 86.3 cm³/mol. The van der Waals surface area contributed by atoms with Crippen LogP contribution >= 0.6 is 0 Å². The van der Waals surface area contributed by atoms with Crippen LogP contribution in [0, 0.1) is 0 Å². The first-order chi connectivity index (χ1) is 9.36. The van der Waals surface area contributed by atoms with E-state index in [0.29, 0.717) is 0 Å². The van der Waals surface area contributed by atoms with Gasteiger partial charge in [-0.3, -0.25) is 0 Å². The van der Waals surface area contributed by atoms with Crippen molar-refractivity contribution in [1.82, 2.24) is 0 Å². The summed E-state index contributed by atoms with van der Waals surface area (Å²) in [5.74, 6) is 1.80. The molecule has 0 radical (unpaired) electrons. The van der Waals surface area contributed by atoms with E-state index in [1.807, 2.05) is 0 Å². The molecule has 0 saturated heterocycles. The molecule has 0 amide bonds. The van der Waals surface area contributed by atoms with E-state index in [2.05, 4.69) is 18.2 Å². The van der Waals surface area contributed by atoms with E-state index < -0.39 is 0 Å². The fourth-order valence-electron chi connectivity index (χ4n) is 4.14. The van der Waals surface area contributed by atoms with Gasteiger partial charge in [0.1, 0.15) is 0 Å². The average molecular weight is 452 g/mol. The van der Waals surface area contributed by atoms with E-state index in [9.17, 15) is 0 Å². The summed E-state index contributed by atoms with van der Waals surface area (Å²) in [5, 5.41) is 0. The molecule has 19 heavy (non-hydrogen) atoms. The number of hydrogen-bond acceptors (Lipinski definition) is 0. The molecular formula is C18H27Bi. The third-order valence-electron chi connectivity index (χ3n) is 5.26. The van der Waals surface area contributed by atoms with Gasteiger partial charge in [0.15, 0.2) is 0 Å². The van der Waals surface area contributed by atoms with E-state index in [1.165, 1.54) is 64.2 Å². The Kier molecular flexibility index (Phi) is 4.96. The summed E-state index contributed by atoms with van der Waals surface area (Å²) in [4.78, 5) is 0. The Morgan fingerprint density at radius 1 is 0.684 bits per heavy atom. The van der Waals surface area contributed by atoms with Crippen LogP contribution < -0.4 is 3.27 Å². The van der Waals surface area contributed by atoms with Crippen LogP contribution in [0.1, 0.15) is 87.2 Å². The monoisotopic (exact) mass is 452 g/mol. The van der Waals surface area contributed by atoms with Gasteiger partial charge in [-0.25, -0.2) is 0 Å². The van der Waals surface area contributed by atoms with Crippen molar-refractivity contribution >= 4 is 28.0 Å². The van der Waals surface area contributed by atoms with Crippen LogP contribution in [-0.4, -0.2) is 24.7 Å². The van der Waals surface area contributed by atoms with Gasteiger partial charge in [-0.1, -0.05) is 0 Å². The van der Waals surface area contributed by atoms with Crippen molar-refractivity contribution in [3.05, 3.63) is 29.3 Å². The minimum absolute atomic E-state index is 0.900. The van der Waals surface area contributed by atoms with E-state index in [4.69, 9.17) is 0 Å². The van der Waals surface area contributed by atoms with Crippen LogP contribution in [0.5, 0.6) is 0 Å². The zero-order valence-electron chi connectivity index (χ0n) is 12.0. The topological polar surface area (TPSA) is 0 Å². The Hall–Kier alpha value is 0.103. The van der Waals surface area contributed by atoms with Gasteiger partial charge in [0.2, 0.25) is 0 Å². The Balaban J connectivity index is 1.84. The summed E-state index contributed by atoms with van der Waals surface area (Å²) in [6.07, 6.45) is 14.6. The summed E-state index contributed by atoms with van der Waals surface area (Å²) in [6, 6.07) is 7.27. The van der Waals surface area contributed by atoms with Crippen molar-refractivity contribution in [2.24, 2.45) is 0 Å². The Morgan fingerprint density at radius 3 is 1.53 bits per heavy atom. The normalized spacial score (nSPS) is 22.6. The van der Waals surface area contributed by atoms with Crippen molar-refractivity contribution in [1.29, 1.82) is 0 Å². The molecule has 1 heteroatoms. The second-order valence-corrected chi connectivity index (χ2v) is 8.76. The Labute approximate surface area is 133 Å². The first kappa shape index (κ1) is 14.1. The first-order valence-electron chi connectivity index (χ1n) is 8.24. The van der Waals surface area contributed by atoms with Crippen LogP contribution in [0.3, 0.4) is 0 Å². The summed E-state index contributed by atoms with van der Waals surface area (Å²) >= 11 is 1.01. The summed E-state index contributed by atoms with van der Waals surface area (Å²) in [5.41, 5.74) is 3.51. The van der Waals surface area contributed by atoms with Crippen molar-refractivity contribution in [2.45, 2.75) is 76.0 Å². The van der Waals surface area contributed by atoms with Crippen molar-refractivity contribution in [3.63, 3.8) is 0 Å². The molecule has 3 rings (SSSR count). The predicted octanol–water partition coefficient (Wildman–Crippen LogP) is 4.04. The van der Waals surface area contributed by atoms with Crippen LogP contribution in [0.25, 0.3) is 0 Å². The Morgan fingerprint density at radius 2 is 1.11 bits per heavy atom. The third-order valence-corrected chi connectivity index (χ3v) is 7.86. The van der Waals surface area contributed by atoms with Gasteiger partial charge in [-0.2, -0.15) is 0 Å². The van der Waals surface area contributed by atoms with Gasteiger partial charge in [-0.05, 0) is 0 Å². The Bertz CT molecular complexity index is 375. The maximum absolute atomic E-state index is 2.46. The van der Waals surface area contributed by atoms with Crippen LogP contribution in [0.2, 0.25) is 0 Å². The fraction of sp³-hybridized carbons (Fsp3) is 0.667. The molecule has 0 nitrogen and oxygen atoms in total.